The van der Waals surface area contributed by atoms with Crippen molar-refractivity contribution in [3.63, 3.8) is 0 Å². The maximum absolute atomic E-state index is 12.7. The van der Waals surface area contributed by atoms with Crippen molar-refractivity contribution in [2.45, 2.75) is 19.1 Å². The number of hydrogen-bond acceptors (Lipinski definition) is 5. The lowest BCUT2D eigenvalue weighted by Crippen LogP contribution is -2.31. The number of carbonyl (C=O) groups excluding carboxylic acids is 1. The van der Waals surface area contributed by atoms with E-state index in [1.54, 1.807) is 24.3 Å². The smallest absolute Gasteiger partial charge is 0.416 e. The van der Waals surface area contributed by atoms with Crippen LogP contribution in [0.1, 0.15) is 16.8 Å². The molecular weight excluding hydrogens is 419 g/mol. The lowest BCUT2D eigenvalue weighted by atomic mass is 10.1. The Balaban J connectivity index is 1.51. The molecule has 0 bridgehead atoms. The lowest BCUT2D eigenvalue weighted by Gasteiger charge is -2.12. The standard InChI is InChI=1S/C20H18F3N3O3S/c21-20(22,23)15-5-3-14(4-6-15)18-25-16(12-30-18)9-10-29-17-7-1-13(2-8-17)11-26(28)19(24)27/h1-8,12,28H,9-11H2,(H2,24,27). The maximum atomic E-state index is 12.7. The number of primary amides is 1. The third-order valence-corrected chi connectivity index (χ3v) is 5.09. The Hall–Kier alpha value is -3.11. The van der Waals surface area contributed by atoms with Gasteiger partial charge in [0.1, 0.15) is 10.8 Å². The van der Waals surface area contributed by atoms with E-state index < -0.39 is 17.8 Å². The normalized spacial score (nSPS) is 11.3. The first kappa shape index (κ1) is 21.6. The Morgan fingerprint density at radius 1 is 1.13 bits per heavy atom. The molecular formula is C20H18F3N3O3S. The molecule has 0 radical (unpaired) electrons. The minimum Gasteiger partial charge on any atom is -0.493 e. The van der Waals surface area contributed by atoms with Crippen molar-refractivity contribution in [2.75, 3.05) is 6.61 Å². The van der Waals surface area contributed by atoms with Crippen molar-refractivity contribution in [2.24, 2.45) is 5.73 Å². The molecule has 2 amide bonds. The van der Waals surface area contributed by atoms with Crippen molar-refractivity contribution in [3.05, 3.63) is 70.7 Å². The van der Waals surface area contributed by atoms with Crippen LogP contribution in [0.5, 0.6) is 5.75 Å². The van der Waals surface area contributed by atoms with Crippen LogP contribution in [0.25, 0.3) is 10.6 Å². The van der Waals surface area contributed by atoms with Crippen LogP contribution < -0.4 is 10.5 Å². The average molecular weight is 437 g/mol. The highest BCUT2D eigenvalue weighted by Gasteiger charge is 2.30. The second-order valence-electron chi connectivity index (χ2n) is 6.36. The highest BCUT2D eigenvalue weighted by Crippen LogP contribution is 2.31. The first-order chi connectivity index (χ1) is 14.2. The number of aromatic nitrogens is 1. The monoisotopic (exact) mass is 437 g/mol. The van der Waals surface area contributed by atoms with E-state index in [2.05, 4.69) is 4.98 Å². The van der Waals surface area contributed by atoms with Crippen LogP contribution in [0.4, 0.5) is 18.0 Å². The van der Waals surface area contributed by atoms with Gasteiger partial charge in [0.15, 0.2) is 0 Å². The number of ether oxygens (including phenoxy) is 1. The van der Waals surface area contributed by atoms with E-state index >= 15 is 0 Å². The zero-order chi connectivity index (χ0) is 21.7. The van der Waals surface area contributed by atoms with Gasteiger partial charge in [0.05, 0.1) is 24.4 Å². The first-order valence-corrected chi connectivity index (χ1v) is 9.70. The van der Waals surface area contributed by atoms with E-state index in [1.165, 1.54) is 23.5 Å². The number of halogens is 3. The maximum Gasteiger partial charge on any atom is 0.416 e. The summed E-state index contributed by atoms with van der Waals surface area (Å²) in [6.07, 6.45) is -3.83. The SMILES string of the molecule is NC(=O)N(O)Cc1ccc(OCCc2csc(-c3ccc(C(F)(F)F)cc3)n2)cc1. The van der Waals surface area contributed by atoms with E-state index in [0.29, 0.717) is 40.0 Å². The molecule has 6 nitrogen and oxygen atoms in total. The van der Waals surface area contributed by atoms with Crippen molar-refractivity contribution in [1.82, 2.24) is 10.0 Å². The van der Waals surface area contributed by atoms with Crippen LogP contribution in [0.3, 0.4) is 0 Å². The topological polar surface area (TPSA) is 88.7 Å². The molecule has 0 unspecified atom stereocenters. The molecule has 3 aromatic rings. The van der Waals surface area contributed by atoms with E-state index in [9.17, 15) is 23.2 Å². The molecule has 1 aromatic heterocycles. The summed E-state index contributed by atoms with van der Waals surface area (Å²) in [5.74, 6) is 0.612. The highest BCUT2D eigenvalue weighted by atomic mass is 32.1. The van der Waals surface area contributed by atoms with Gasteiger partial charge in [-0.1, -0.05) is 24.3 Å². The van der Waals surface area contributed by atoms with Gasteiger partial charge < -0.3 is 10.5 Å². The molecule has 3 rings (SSSR count). The molecule has 158 valence electrons. The van der Waals surface area contributed by atoms with Crippen LogP contribution >= 0.6 is 11.3 Å². The van der Waals surface area contributed by atoms with Gasteiger partial charge in [0.25, 0.3) is 0 Å². The van der Waals surface area contributed by atoms with E-state index in [-0.39, 0.29) is 6.54 Å². The lowest BCUT2D eigenvalue weighted by molar-refractivity contribution is -0.137. The number of thiazole rings is 1. The van der Waals surface area contributed by atoms with Gasteiger partial charge in [-0.2, -0.15) is 13.2 Å². The molecule has 0 saturated heterocycles. The molecule has 2 aromatic carbocycles. The second-order valence-corrected chi connectivity index (χ2v) is 7.22. The first-order valence-electron chi connectivity index (χ1n) is 8.82. The van der Waals surface area contributed by atoms with Crippen LogP contribution in [-0.2, 0) is 19.1 Å². The number of urea groups is 1. The summed E-state index contributed by atoms with van der Waals surface area (Å²) in [4.78, 5) is 15.3. The molecule has 30 heavy (non-hydrogen) atoms. The molecule has 0 fully saturated rings. The van der Waals surface area contributed by atoms with Crippen LogP contribution in [0.2, 0.25) is 0 Å². The largest absolute Gasteiger partial charge is 0.493 e. The summed E-state index contributed by atoms with van der Waals surface area (Å²) in [5.41, 5.74) is 6.36. The van der Waals surface area contributed by atoms with Gasteiger partial charge in [0, 0.05) is 17.4 Å². The average Bonchev–Trinajstić information content (AvgIpc) is 3.17. The molecule has 0 aliphatic carbocycles. The number of nitrogens with zero attached hydrogens (tertiary/aromatic N) is 2. The summed E-state index contributed by atoms with van der Waals surface area (Å²) in [6, 6.07) is 10.8. The number of alkyl halides is 3. The predicted octanol–water partition coefficient (Wildman–Crippen LogP) is 4.72. The number of carbonyl (C=O) groups is 1. The van der Waals surface area contributed by atoms with Gasteiger partial charge in [0.2, 0.25) is 0 Å². The minimum atomic E-state index is -4.36. The molecule has 0 atom stereocenters. The van der Waals surface area contributed by atoms with Crippen molar-refractivity contribution in [3.8, 4) is 16.3 Å². The number of benzene rings is 2. The fourth-order valence-corrected chi connectivity index (χ4v) is 3.43. The third kappa shape index (κ3) is 5.71. The number of hydroxylamine groups is 2. The molecule has 0 aliphatic heterocycles. The fraction of sp³-hybridized carbons (Fsp3) is 0.200. The van der Waals surface area contributed by atoms with Gasteiger partial charge in [-0.25, -0.2) is 14.8 Å². The molecule has 3 N–H and O–H groups in total. The van der Waals surface area contributed by atoms with E-state index in [1.807, 2.05) is 5.38 Å². The van der Waals surface area contributed by atoms with Gasteiger partial charge >= 0.3 is 12.2 Å². The highest BCUT2D eigenvalue weighted by molar-refractivity contribution is 7.13. The van der Waals surface area contributed by atoms with Crippen molar-refractivity contribution in [1.29, 1.82) is 0 Å². The van der Waals surface area contributed by atoms with Gasteiger partial charge in [-0.3, -0.25) is 5.21 Å². The summed E-state index contributed by atoms with van der Waals surface area (Å²) >= 11 is 1.36. The zero-order valence-electron chi connectivity index (χ0n) is 15.6. The van der Waals surface area contributed by atoms with Crippen molar-refractivity contribution >= 4 is 17.4 Å². The third-order valence-electron chi connectivity index (χ3n) is 4.15. The minimum absolute atomic E-state index is 0.0266. The van der Waals surface area contributed by atoms with E-state index in [4.69, 9.17) is 10.5 Å². The molecule has 0 saturated carbocycles. The molecule has 1 heterocycles. The quantitative estimate of drug-likeness (QED) is 0.414. The summed E-state index contributed by atoms with van der Waals surface area (Å²) in [5, 5.41) is 12.2. The van der Waals surface area contributed by atoms with Crippen LogP contribution in [0.15, 0.2) is 53.9 Å². The molecule has 0 spiro atoms. The van der Waals surface area contributed by atoms with Gasteiger partial charge in [-0.15, -0.1) is 11.3 Å². The fourth-order valence-electron chi connectivity index (χ4n) is 2.57. The summed E-state index contributed by atoms with van der Waals surface area (Å²) < 4.78 is 43.6. The Bertz CT molecular complexity index is 989. The van der Waals surface area contributed by atoms with Crippen LogP contribution in [0, 0.1) is 0 Å². The second kappa shape index (κ2) is 9.14. The molecule has 0 aliphatic rings. The number of amides is 2. The Morgan fingerprint density at radius 3 is 2.40 bits per heavy atom. The number of hydrogen-bond donors (Lipinski definition) is 2. The summed E-state index contributed by atoms with van der Waals surface area (Å²) in [7, 11) is 0. The molecule has 10 heteroatoms. The predicted molar refractivity (Wildman–Crippen MR) is 105 cm³/mol. The van der Waals surface area contributed by atoms with Crippen molar-refractivity contribution < 1.29 is 27.9 Å². The van der Waals surface area contributed by atoms with E-state index in [0.717, 1.165) is 17.8 Å². The summed E-state index contributed by atoms with van der Waals surface area (Å²) in [6.45, 7) is 0.337. The van der Waals surface area contributed by atoms with Gasteiger partial charge in [-0.05, 0) is 29.8 Å². The number of nitrogens with two attached hydrogens (primary N) is 1. The van der Waals surface area contributed by atoms with Crippen LogP contribution in [-0.4, -0.2) is 27.9 Å². The Labute approximate surface area is 174 Å². The Kier molecular flexibility index (Phi) is 6.58. The number of rotatable bonds is 7. The zero-order valence-corrected chi connectivity index (χ0v) is 16.4. The Morgan fingerprint density at radius 2 is 1.80 bits per heavy atom.